The molecule has 0 spiro atoms. The molecule has 1 aliphatic carbocycles. The van der Waals surface area contributed by atoms with E-state index < -0.39 is 0 Å². The number of anilines is 1. The summed E-state index contributed by atoms with van der Waals surface area (Å²) in [5.41, 5.74) is 8.69. The van der Waals surface area contributed by atoms with Crippen molar-refractivity contribution in [3.05, 3.63) is 29.3 Å². The predicted molar refractivity (Wildman–Crippen MR) is 48.8 cm³/mol. The highest BCUT2D eigenvalue weighted by atomic mass is 16.3. The van der Waals surface area contributed by atoms with Crippen molar-refractivity contribution >= 4 is 5.69 Å². The van der Waals surface area contributed by atoms with Crippen LogP contribution in [0.4, 0.5) is 5.69 Å². The zero-order valence-corrected chi connectivity index (χ0v) is 6.96. The fourth-order valence-corrected chi connectivity index (χ4v) is 1.89. The Morgan fingerprint density at radius 3 is 3.00 bits per heavy atom. The minimum atomic E-state index is -0.338. The maximum absolute atomic E-state index is 9.66. The molecule has 0 radical (unpaired) electrons. The van der Waals surface area contributed by atoms with Gasteiger partial charge < -0.3 is 10.8 Å². The first-order chi connectivity index (χ1) is 5.79. The van der Waals surface area contributed by atoms with Crippen LogP contribution in [0.3, 0.4) is 0 Å². The molecular formula is C10H13NO. The third-order valence-corrected chi connectivity index (χ3v) is 2.49. The van der Waals surface area contributed by atoms with Crippen molar-refractivity contribution < 1.29 is 5.11 Å². The number of benzene rings is 1. The fraction of sp³-hybridized carbons (Fsp3) is 0.400. The van der Waals surface area contributed by atoms with Gasteiger partial charge in [0.25, 0.3) is 0 Å². The number of aliphatic hydroxyl groups excluding tert-OH is 1. The van der Waals surface area contributed by atoms with Crippen LogP contribution in [0, 0.1) is 0 Å². The van der Waals surface area contributed by atoms with Crippen molar-refractivity contribution in [2.45, 2.75) is 25.4 Å². The molecule has 2 nitrogen and oxygen atoms in total. The first-order valence-corrected chi connectivity index (χ1v) is 4.34. The smallest absolute Gasteiger partial charge is 0.0812 e. The summed E-state index contributed by atoms with van der Waals surface area (Å²) in [6.45, 7) is 0. The second-order valence-electron chi connectivity index (χ2n) is 3.33. The molecule has 0 saturated heterocycles. The molecule has 0 fully saturated rings. The van der Waals surface area contributed by atoms with Gasteiger partial charge in [-0.1, -0.05) is 12.1 Å². The fourth-order valence-electron chi connectivity index (χ4n) is 1.89. The first kappa shape index (κ1) is 7.62. The second-order valence-corrected chi connectivity index (χ2v) is 3.33. The van der Waals surface area contributed by atoms with Gasteiger partial charge in [0.15, 0.2) is 0 Å². The number of aliphatic hydroxyl groups is 1. The maximum atomic E-state index is 9.66. The Labute approximate surface area is 72.0 Å². The summed E-state index contributed by atoms with van der Waals surface area (Å²) in [6, 6.07) is 5.85. The monoisotopic (exact) mass is 163 g/mol. The number of rotatable bonds is 0. The minimum absolute atomic E-state index is 0.338. The Morgan fingerprint density at radius 2 is 2.25 bits per heavy atom. The van der Waals surface area contributed by atoms with E-state index >= 15 is 0 Å². The molecule has 1 aromatic rings. The third kappa shape index (κ3) is 1.08. The summed E-state index contributed by atoms with van der Waals surface area (Å²) in [5.74, 6) is 0. The summed E-state index contributed by atoms with van der Waals surface area (Å²) < 4.78 is 0. The van der Waals surface area contributed by atoms with Gasteiger partial charge in [-0.3, -0.25) is 0 Å². The Balaban J connectivity index is 2.53. The standard InChI is InChI=1S/C10H13NO/c11-8-5-1-3-7-4-2-6-9(12)10(7)8/h1,3,5,9,12H,2,4,6,11H2. The second kappa shape index (κ2) is 2.79. The van der Waals surface area contributed by atoms with Crippen molar-refractivity contribution in [1.82, 2.24) is 0 Å². The molecule has 12 heavy (non-hydrogen) atoms. The molecule has 3 N–H and O–H groups in total. The number of aryl methyl sites for hydroxylation is 1. The molecule has 0 heterocycles. The van der Waals surface area contributed by atoms with Gasteiger partial charge in [0.1, 0.15) is 0 Å². The Hall–Kier alpha value is -1.02. The van der Waals surface area contributed by atoms with Crippen LogP contribution in [0.15, 0.2) is 18.2 Å². The van der Waals surface area contributed by atoms with Gasteiger partial charge in [0.2, 0.25) is 0 Å². The Kier molecular flexibility index (Phi) is 1.77. The summed E-state index contributed by atoms with van der Waals surface area (Å²) in [5, 5.41) is 9.66. The molecule has 0 bridgehead atoms. The lowest BCUT2D eigenvalue weighted by Gasteiger charge is -2.22. The van der Waals surface area contributed by atoms with E-state index in [0.717, 1.165) is 30.5 Å². The molecule has 0 saturated carbocycles. The van der Waals surface area contributed by atoms with E-state index in [9.17, 15) is 5.11 Å². The summed E-state index contributed by atoms with van der Waals surface area (Å²) in [4.78, 5) is 0. The summed E-state index contributed by atoms with van der Waals surface area (Å²) in [7, 11) is 0. The summed E-state index contributed by atoms with van der Waals surface area (Å²) in [6.07, 6.45) is 2.63. The van der Waals surface area contributed by atoms with Gasteiger partial charge in [-0.15, -0.1) is 0 Å². The van der Waals surface area contributed by atoms with Crippen molar-refractivity contribution in [3.8, 4) is 0 Å². The highest BCUT2D eigenvalue weighted by molar-refractivity contribution is 5.53. The zero-order valence-electron chi connectivity index (χ0n) is 6.96. The number of fused-ring (bicyclic) bond motifs is 1. The van der Waals surface area contributed by atoms with E-state index in [1.807, 2.05) is 18.2 Å². The van der Waals surface area contributed by atoms with E-state index in [1.165, 1.54) is 5.56 Å². The minimum Gasteiger partial charge on any atom is -0.398 e. The van der Waals surface area contributed by atoms with Crippen LogP contribution in [0.25, 0.3) is 0 Å². The van der Waals surface area contributed by atoms with Crippen molar-refractivity contribution in [1.29, 1.82) is 0 Å². The molecule has 0 aliphatic heterocycles. The highest BCUT2D eigenvalue weighted by Crippen LogP contribution is 2.33. The molecule has 0 aromatic heterocycles. The van der Waals surface area contributed by atoms with Gasteiger partial charge in [0.05, 0.1) is 6.10 Å². The van der Waals surface area contributed by atoms with E-state index in [4.69, 9.17) is 5.73 Å². The van der Waals surface area contributed by atoms with E-state index in [0.29, 0.717) is 0 Å². The van der Waals surface area contributed by atoms with Gasteiger partial charge in [-0.05, 0) is 30.9 Å². The number of hydrogen-bond acceptors (Lipinski definition) is 2. The van der Waals surface area contributed by atoms with Gasteiger partial charge in [-0.2, -0.15) is 0 Å². The van der Waals surface area contributed by atoms with Gasteiger partial charge in [0, 0.05) is 11.3 Å². The van der Waals surface area contributed by atoms with Gasteiger partial charge >= 0.3 is 0 Å². The average molecular weight is 163 g/mol. The molecule has 2 rings (SSSR count). The lowest BCUT2D eigenvalue weighted by atomic mass is 9.88. The van der Waals surface area contributed by atoms with E-state index in [-0.39, 0.29) is 6.10 Å². The van der Waals surface area contributed by atoms with Crippen LogP contribution in [0.5, 0.6) is 0 Å². The SMILES string of the molecule is Nc1cccc2c1C(O)CCC2. The normalized spacial score (nSPS) is 21.9. The molecule has 1 unspecified atom stereocenters. The molecule has 64 valence electrons. The Bertz CT molecular complexity index is 296. The van der Waals surface area contributed by atoms with Crippen LogP contribution in [-0.2, 0) is 6.42 Å². The van der Waals surface area contributed by atoms with E-state index in [2.05, 4.69) is 0 Å². The average Bonchev–Trinajstić information content (AvgIpc) is 2.04. The molecule has 1 aromatic carbocycles. The largest absolute Gasteiger partial charge is 0.398 e. The molecule has 0 amide bonds. The number of hydrogen-bond donors (Lipinski definition) is 2. The van der Waals surface area contributed by atoms with Crippen LogP contribution >= 0.6 is 0 Å². The third-order valence-electron chi connectivity index (χ3n) is 2.49. The quantitative estimate of drug-likeness (QED) is 0.571. The molecule has 1 atom stereocenters. The molecular weight excluding hydrogens is 150 g/mol. The Morgan fingerprint density at radius 1 is 1.42 bits per heavy atom. The predicted octanol–water partition coefficient (Wildman–Crippen LogP) is 1.64. The van der Waals surface area contributed by atoms with Crippen molar-refractivity contribution in [3.63, 3.8) is 0 Å². The lowest BCUT2D eigenvalue weighted by molar-refractivity contribution is 0.157. The van der Waals surface area contributed by atoms with E-state index in [1.54, 1.807) is 0 Å². The zero-order chi connectivity index (χ0) is 8.55. The summed E-state index contributed by atoms with van der Waals surface area (Å²) >= 11 is 0. The van der Waals surface area contributed by atoms with Crippen molar-refractivity contribution in [2.75, 3.05) is 5.73 Å². The van der Waals surface area contributed by atoms with Crippen molar-refractivity contribution in [2.24, 2.45) is 0 Å². The van der Waals surface area contributed by atoms with Crippen LogP contribution in [0.1, 0.15) is 30.1 Å². The van der Waals surface area contributed by atoms with Gasteiger partial charge in [-0.25, -0.2) is 0 Å². The van der Waals surface area contributed by atoms with Crippen LogP contribution < -0.4 is 5.73 Å². The molecule has 1 aliphatic rings. The first-order valence-electron chi connectivity index (χ1n) is 4.34. The highest BCUT2D eigenvalue weighted by Gasteiger charge is 2.19. The topological polar surface area (TPSA) is 46.2 Å². The number of nitrogen functional groups attached to an aromatic ring is 1. The molecule has 2 heteroatoms. The van der Waals surface area contributed by atoms with Crippen LogP contribution in [-0.4, -0.2) is 5.11 Å². The number of nitrogens with two attached hydrogens (primary N) is 1. The maximum Gasteiger partial charge on any atom is 0.0812 e. The van der Waals surface area contributed by atoms with Crippen LogP contribution in [0.2, 0.25) is 0 Å². The lowest BCUT2D eigenvalue weighted by Crippen LogP contribution is -2.11.